The fourth-order valence-corrected chi connectivity index (χ4v) is 4.10. The predicted octanol–water partition coefficient (Wildman–Crippen LogP) is 1.76. The first-order chi connectivity index (χ1) is 13.7. The fourth-order valence-electron chi connectivity index (χ4n) is 3.94. The maximum atomic E-state index is 6.19. The average molecular weight is 400 g/mol. The highest BCUT2D eigenvalue weighted by Gasteiger charge is 2.34. The Labute approximate surface area is 167 Å². The van der Waals surface area contributed by atoms with E-state index in [0.717, 1.165) is 43.2 Å². The van der Waals surface area contributed by atoms with Gasteiger partial charge in [-0.25, -0.2) is 15.0 Å². The Hall–Kier alpha value is -2.26. The lowest BCUT2D eigenvalue weighted by atomic mass is 10.0. The van der Waals surface area contributed by atoms with Gasteiger partial charge in [0, 0.05) is 44.5 Å². The Morgan fingerprint density at radius 2 is 2.00 bits per heavy atom. The summed E-state index contributed by atoms with van der Waals surface area (Å²) in [6.45, 7) is 5.47. The van der Waals surface area contributed by atoms with E-state index in [1.165, 1.54) is 0 Å². The second-order valence-corrected chi connectivity index (χ2v) is 7.81. The minimum atomic E-state index is 0.126. The third-order valence-electron chi connectivity index (χ3n) is 5.32. The van der Waals surface area contributed by atoms with Crippen LogP contribution in [0.3, 0.4) is 0 Å². The molecule has 8 nitrogen and oxygen atoms in total. The van der Waals surface area contributed by atoms with E-state index >= 15 is 0 Å². The van der Waals surface area contributed by atoms with Crippen LogP contribution >= 0.6 is 11.6 Å². The van der Waals surface area contributed by atoms with Crippen molar-refractivity contribution in [1.82, 2.24) is 30.2 Å². The summed E-state index contributed by atoms with van der Waals surface area (Å²) in [5, 5.41) is 0.657. The lowest BCUT2D eigenvalue weighted by Crippen LogP contribution is -2.51. The van der Waals surface area contributed by atoms with E-state index in [1.54, 1.807) is 6.20 Å². The Morgan fingerprint density at radius 1 is 1.14 bits per heavy atom. The zero-order valence-corrected chi connectivity index (χ0v) is 16.3. The van der Waals surface area contributed by atoms with Crippen molar-refractivity contribution >= 4 is 23.2 Å². The van der Waals surface area contributed by atoms with E-state index in [4.69, 9.17) is 21.3 Å². The van der Waals surface area contributed by atoms with Gasteiger partial charge in [0.05, 0.1) is 34.8 Å². The molecule has 2 saturated heterocycles. The fraction of sp³-hybridized carbons (Fsp3) is 0.421. The first-order valence-corrected chi connectivity index (χ1v) is 9.87. The number of aromatic nitrogens is 4. The summed E-state index contributed by atoms with van der Waals surface area (Å²) in [4.78, 5) is 16.0. The SMILES string of the molecule is C[C@@H]1CN(c2nccc(-c3cnc4ccc(Cl)cn34)n2)C[C@H](C2CNNC2)O1. The molecule has 0 unspecified atom stereocenters. The van der Waals surface area contributed by atoms with Crippen LogP contribution in [-0.4, -0.2) is 57.7 Å². The highest BCUT2D eigenvalue weighted by Crippen LogP contribution is 2.25. The van der Waals surface area contributed by atoms with Crippen molar-refractivity contribution in [1.29, 1.82) is 0 Å². The second-order valence-electron chi connectivity index (χ2n) is 7.37. The van der Waals surface area contributed by atoms with Crippen LogP contribution in [0.2, 0.25) is 5.02 Å². The van der Waals surface area contributed by atoms with Crippen molar-refractivity contribution in [2.24, 2.45) is 5.92 Å². The third-order valence-corrected chi connectivity index (χ3v) is 5.55. The number of nitrogens with zero attached hydrogens (tertiary/aromatic N) is 5. The van der Waals surface area contributed by atoms with Crippen LogP contribution in [0, 0.1) is 5.92 Å². The van der Waals surface area contributed by atoms with Crippen LogP contribution in [-0.2, 0) is 4.74 Å². The monoisotopic (exact) mass is 399 g/mol. The summed E-state index contributed by atoms with van der Waals surface area (Å²) in [5.41, 5.74) is 8.92. The van der Waals surface area contributed by atoms with Crippen molar-refractivity contribution in [3.63, 3.8) is 0 Å². The van der Waals surface area contributed by atoms with Crippen LogP contribution in [0.5, 0.6) is 0 Å². The maximum absolute atomic E-state index is 6.19. The topological polar surface area (TPSA) is 79.6 Å². The molecule has 0 aromatic carbocycles. The summed E-state index contributed by atoms with van der Waals surface area (Å²) in [6, 6.07) is 5.63. The zero-order valence-electron chi connectivity index (χ0n) is 15.5. The molecule has 2 aliphatic heterocycles. The summed E-state index contributed by atoms with van der Waals surface area (Å²) in [5.74, 6) is 1.16. The lowest BCUT2D eigenvalue weighted by Gasteiger charge is -2.39. The summed E-state index contributed by atoms with van der Waals surface area (Å²) < 4.78 is 8.14. The first-order valence-electron chi connectivity index (χ1n) is 9.49. The number of halogens is 1. The zero-order chi connectivity index (χ0) is 19.1. The molecule has 0 bridgehead atoms. The number of rotatable bonds is 3. The molecule has 0 spiro atoms. The molecule has 2 fully saturated rings. The maximum Gasteiger partial charge on any atom is 0.226 e. The second kappa shape index (κ2) is 7.29. The van der Waals surface area contributed by atoms with E-state index in [-0.39, 0.29) is 12.2 Å². The first kappa shape index (κ1) is 17.8. The number of hydrazine groups is 1. The van der Waals surface area contributed by atoms with Gasteiger partial charge in [-0.1, -0.05) is 11.6 Å². The van der Waals surface area contributed by atoms with Crippen molar-refractivity contribution in [2.45, 2.75) is 19.1 Å². The highest BCUT2D eigenvalue weighted by molar-refractivity contribution is 6.30. The van der Waals surface area contributed by atoms with E-state index in [0.29, 0.717) is 16.9 Å². The van der Waals surface area contributed by atoms with Crippen LogP contribution in [0.15, 0.2) is 36.8 Å². The van der Waals surface area contributed by atoms with Crippen molar-refractivity contribution < 1.29 is 4.74 Å². The van der Waals surface area contributed by atoms with Gasteiger partial charge in [-0.05, 0) is 25.1 Å². The van der Waals surface area contributed by atoms with Gasteiger partial charge in [-0.15, -0.1) is 0 Å². The molecule has 9 heteroatoms. The van der Waals surface area contributed by atoms with E-state index in [2.05, 4.69) is 32.6 Å². The smallest absolute Gasteiger partial charge is 0.226 e. The Kier molecular flexibility index (Phi) is 4.64. The van der Waals surface area contributed by atoms with Gasteiger partial charge in [0.15, 0.2) is 0 Å². The average Bonchev–Trinajstić information content (AvgIpc) is 3.37. The molecule has 5 rings (SSSR count). The number of pyridine rings is 1. The molecule has 2 N–H and O–H groups in total. The lowest BCUT2D eigenvalue weighted by molar-refractivity contribution is -0.0405. The molecule has 146 valence electrons. The predicted molar refractivity (Wildman–Crippen MR) is 107 cm³/mol. The van der Waals surface area contributed by atoms with Gasteiger partial charge < -0.3 is 9.64 Å². The summed E-state index contributed by atoms with van der Waals surface area (Å²) in [7, 11) is 0. The molecule has 0 aliphatic carbocycles. The largest absolute Gasteiger partial charge is 0.371 e. The number of nitrogens with one attached hydrogen (secondary N) is 2. The minimum Gasteiger partial charge on any atom is -0.371 e. The number of anilines is 1. The number of morpholine rings is 1. The van der Waals surface area contributed by atoms with E-state index < -0.39 is 0 Å². The number of hydrogen-bond donors (Lipinski definition) is 2. The van der Waals surface area contributed by atoms with Crippen LogP contribution in [0.25, 0.3) is 17.0 Å². The standard InChI is InChI=1S/C19H22ClN7O/c1-12-9-26(11-17(28-12)13-6-23-24-7-13)19-21-5-4-15(25-19)16-8-22-18-3-2-14(20)10-27(16)18/h2-5,8,10,12-13,17,23-24H,6-7,9,11H2,1H3/t12-,17-/m1/s1. The molecule has 0 saturated carbocycles. The van der Waals surface area contributed by atoms with Crippen molar-refractivity contribution in [2.75, 3.05) is 31.1 Å². The third kappa shape index (κ3) is 3.33. The van der Waals surface area contributed by atoms with Crippen LogP contribution in [0.4, 0.5) is 5.95 Å². The van der Waals surface area contributed by atoms with Crippen molar-refractivity contribution in [3.05, 3.63) is 41.8 Å². The van der Waals surface area contributed by atoms with Gasteiger partial charge in [0.25, 0.3) is 0 Å². The Bertz CT molecular complexity index is 987. The molecule has 3 aromatic rings. The number of imidazole rings is 1. The molecule has 0 radical (unpaired) electrons. The van der Waals surface area contributed by atoms with Gasteiger partial charge >= 0.3 is 0 Å². The molecule has 2 atom stereocenters. The van der Waals surface area contributed by atoms with Crippen LogP contribution < -0.4 is 15.8 Å². The molecule has 28 heavy (non-hydrogen) atoms. The summed E-state index contributed by atoms with van der Waals surface area (Å²) >= 11 is 6.17. The molecule has 0 amide bonds. The summed E-state index contributed by atoms with van der Waals surface area (Å²) in [6.07, 6.45) is 5.75. The normalized spacial score (nSPS) is 23.6. The molecular formula is C19H22ClN7O. The van der Waals surface area contributed by atoms with Gasteiger partial charge in [0.1, 0.15) is 5.65 Å². The number of hydrogen-bond acceptors (Lipinski definition) is 7. The Morgan fingerprint density at radius 3 is 2.86 bits per heavy atom. The molecule has 3 aromatic heterocycles. The highest BCUT2D eigenvalue weighted by atomic mass is 35.5. The molecule has 2 aliphatic rings. The van der Waals surface area contributed by atoms with Crippen molar-refractivity contribution in [3.8, 4) is 11.4 Å². The molecular weight excluding hydrogens is 378 g/mol. The van der Waals surface area contributed by atoms with Gasteiger partial charge in [-0.2, -0.15) is 0 Å². The Balaban J connectivity index is 1.45. The number of fused-ring (bicyclic) bond motifs is 1. The van der Waals surface area contributed by atoms with Crippen LogP contribution in [0.1, 0.15) is 6.92 Å². The number of ether oxygens (including phenoxy) is 1. The quantitative estimate of drug-likeness (QED) is 0.694. The van der Waals surface area contributed by atoms with Gasteiger partial charge in [0.2, 0.25) is 5.95 Å². The molecule has 5 heterocycles. The van der Waals surface area contributed by atoms with Gasteiger partial charge in [-0.3, -0.25) is 15.3 Å². The minimum absolute atomic E-state index is 0.126. The van der Waals surface area contributed by atoms with E-state index in [9.17, 15) is 0 Å². The van der Waals surface area contributed by atoms with E-state index in [1.807, 2.05) is 35.0 Å².